The molecule has 1 atom stereocenters. The van der Waals surface area contributed by atoms with Gasteiger partial charge in [0.25, 0.3) is 0 Å². The van der Waals surface area contributed by atoms with E-state index < -0.39 is 0 Å². The van der Waals surface area contributed by atoms with Crippen molar-refractivity contribution in [2.24, 2.45) is 5.92 Å². The zero-order valence-electron chi connectivity index (χ0n) is 19.6. The normalized spacial score (nSPS) is 22.6. The number of carbonyl (C=O) groups excluding carboxylic acids is 1. The Hall–Kier alpha value is -2.18. The zero-order chi connectivity index (χ0) is 22.1. The van der Waals surface area contributed by atoms with Gasteiger partial charge in [-0.05, 0) is 50.4 Å². The zero-order valence-corrected chi connectivity index (χ0v) is 19.6. The van der Waals surface area contributed by atoms with Crippen molar-refractivity contribution in [2.75, 3.05) is 51.3 Å². The molecule has 6 nitrogen and oxygen atoms in total. The first-order valence-electron chi connectivity index (χ1n) is 12.3. The maximum atomic E-state index is 12.6. The number of hydrogen-bond acceptors (Lipinski definition) is 5. The van der Waals surface area contributed by atoms with Gasteiger partial charge in [0, 0.05) is 56.1 Å². The number of hydrogen-bond donors (Lipinski definition) is 0. The van der Waals surface area contributed by atoms with Crippen LogP contribution in [0.1, 0.15) is 43.2 Å². The number of nitrogens with zero attached hydrogens (tertiary/aromatic N) is 4. The van der Waals surface area contributed by atoms with Gasteiger partial charge in [0.2, 0.25) is 5.91 Å². The van der Waals surface area contributed by atoms with Crippen molar-refractivity contribution in [3.63, 3.8) is 0 Å². The van der Waals surface area contributed by atoms with Gasteiger partial charge in [-0.2, -0.15) is 0 Å². The topological polar surface area (TPSA) is 48.9 Å². The highest BCUT2D eigenvalue weighted by molar-refractivity contribution is 5.82. The van der Waals surface area contributed by atoms with Crippen molar-refractivity contribution in [1.29, 1.82) is 0 Å². The molecule has 2 saturated heterocycles. The van der Waals surface area contributed by atoms with Crippen molar-refractivity contribution in [3.05, 3.63) is 35.4 Å². The molecule has 32 heavy (non-hydrogen) atoms. The number of carbonyl (C=O) groups is 1. The molecule has 5 rings (SSSR count). The SMILES string of the molecule is Cc1ccc2cc(CN(C)CC3CC(=O)N(C4CCCC4)C3)c(N3CCOCC3)nc2c1. The second-order valence-corrected chi connectivity index (χ2v) is 10.0. The first-order chi connectivity index (χ1) is 15.6. The van der Waals surface area contributed by atoms with Gasteiger partial charge in [-0.3, -0.25) is 4.79 Å². The average molecular weight is 437 g/mol. The lowest BCUT2D eigenvalue weighted by Gasteiger charge is -2.31. The van der Waals surface area contributed by atoms with Crippen molar-refractivity contribution in [1.82, 2.24) is 14.8 Å². The third kappa shape index (κ3) is 4.62. The van der Waals surface area contributed by atoms with E-state index in [1.807, 2.05) is 0 Å². The van der Waals surface area contributed by atoms with Gasteiger partial charge in [0.05, 0.1) is 18.7 Å². The number of amides is 1. The summed E-state index contributed by atoms with van der Waals surface area (Å²) in [5, 5.41) is 1.19. The van der Waals surface area contributed by atoms with Crippen LogP contribution in [0.4, 0.5) is 5.82 Å². The van der Waals surface area contributed by atoms with Crippen LogP contribution in [-0.4, -0.2) is 73.2 Å². The minimum atomic E-state index is 0.368. The first kappa shape index (κ1) is 21.7. The van der Waals surface area contributed by atoms with E-state index in [0.717, 1.165) is 57.3 Å². The highest BCUT2D eigenvalue weighted by Crippen LogP contribution is 2.31. The Morgan fingerprint density at radius 1 is 1.16 bits per heavy atom. The summed E-state index contributed by atoms with van der Waals surface area (Å²) in [6, 6.07) is 9.33. The molecule has 1 unspecified atom stereocenters. The van der Waals surface area contributed by atoms with Gasteiger partial charge in [-0.15, -0.1) is 0 Å². The fraction of sp³-hybridized carbons (Fsp3) is 0.615. The van der Waals surface area contributed by atoms with Crippen molar-refractivity contribution in [3.8, 4) is 0 Å². The van der Waals surface area contributed by atoms with Crippen LogP contribution in [0.15, 0.2) is 24.3 Å². The van der Waals surface area contributed by atoms with E-state index in [2.05, 4.69) is 52.9 Å². The summed E-state index contributed by atoms with van der Waals surface area (Å²) >= 11 is 0. The molecule has 1 aromatic heterocycles. The van der Waals surface area contributed by atoms with Crippen molar-refractivity contribution in [2.45, 2.75) is 51.6 Å². The number of aryl methyl sites for hydroxylation is 1. The van der Waals surface area contributed by atoms with Crippen molar-refractivity contribution < 1.29 is 9.53 Å². The monoisotopic (exact) mass is 436 g/mol. The lowest BCUT2D eigenvalue weighted by atomic mass is 10.1. The first-order valence-corrected chi connectivity index (χ1v) is 12.3. The maximum Gasteiger partial charge on any atom is 0.223 e. The van der Waals surface area contributed by atoms with Crippen LogP contribution in [0.2, 0.25) is 0 Å². The summed E-state index contributed by atoms with van der Waals surface area (Å²) < 4.78 is 5.58. The van der Waals surface area contributed by atoms with E-state index in [4.69, 9.17) is 9.72 Å². The number of likely N-dealkylation sites (tertiary alicyclic amines) is 1. The van der Waals surface area contributed by atoms with E-state index >= 15 is 0 Å². The number of benzene rings is 1. The Morgan fingerprint density at radius 3 is 2.72 bits per heavy atom. The predicted molar refractivity (Wildman–Crippen MR) is 128 cm³/mol. The molecule has 0 radical (unpaired) electrons. The Labute approximate surface area is 191 Å². The van der Waals surface area contributed by atoms with Crippen LogP contribution in [-0.2, 0) is 16.1 Å². The van der Waals surface area contributed by atoms with Crippen LogP contribution < -0.4 is 4.90 Å². The molecule has 3 fully saturated rings. The molecule has 3 aliphatic rings. The van der Waals surface area contributed by atoms with Crippen molar-refractivity contribution >= 4 is 22.6 Å². The van der Waals surface area contributed by atoms with Gasteiger partial charge in [-0.25, -0.2) is 4.98 Å². The third-order valence-electron chi connectivity index (χ3n) is 7.35. The largest absolute Gasteiger partial charge is 0.378 e. The number of anilines is 1. The molecule has 2 aliphatic heterocycles. The second kappa shape index (κ2) is 9.36. The molecule has 0 spiro atoms. The molecular formula is C26H36N4O2. The van der Waals surface area contributed by atoms with Crippen LogP contribution in [0.3, 0.4) is 0 Å². The van der Waals surface area contributed by atoms with E-state index in [1.54, 1.807) is 0 Å². The second-order valence-electron chi connectivity index (χ2n) is 10.0. The Bertz CT molecular complexity index is 966. The molecule has 172 valence electrons. The Morgan fingerprint density at radius 2 is 1.94 bits per heavy atom. The molecule has 2 aromatic rings. The van der Waals surface area contributed by atoms with Gasteiger partial charge in [-0.1, -0.05) is 25.0 Å². The summed E-state index contributed by atoms with van der Waals surface area (Å²) in [6.45, 7) is 8.12. The molecule has 3 heterocycles. The number of pyridine rings is 1. The number of rotatable bonds is 6. The predicted octanol–water partition coefficient (Wildman–Crippen LogP) is 3.60. The molecule has 0 bridgehead atoms. The number of morpholine rings is 1. The quantitative estimate of drug-likeness (QED) is 0.693. The molecule has 0 N–H and O–H groups in total. The van der Waals surface area contributed by atoms with Gasteiger partial charge in [0.15, 0.2) is 0 Å². The standard InChI is InChI=1S/C26H36N4O2/c1-19-7-8-21-15-22(26(27-24(21)13-19)29-9-11-32-12-10-29)18-28(2)16-20-14-25(31)30(17-20)23-5-3-4-6-23/h7-8,13,15,20,23H,3-6,9-12,14,16-18H2,1-2H3. The van der Waals surface area contributed by atoms with Crippen LogP contribution in [0.25, 0.3) is 10.9 Å². The van der Waals surface area contributed by atoms with Crippen LogP contribution >= 0.6 is 0 Å². The highest BCUT2D eigenvalue weighted by Gasteiger charge is 2.35. The minimum absolute atomic E-state index is 0.368. The molecule has 1 saturated carbocycles. The number of fused-ring (bicyclic) bond motifs is 1. The summed E-state index contributed by atoms with van der Waals surface area (Å²) in [7, 11) is 2.19. The average Bonchev–Trinajstić information content (AvgIpc) is 3.43. The van der Waals surface area contributed by atoms with E-state index in [9.17, 15) is 4.79 Å². The lowest BCUT2D eigenvalue weighted by molar-refractivity contribution is -0.129. The number of ether oxygens (including phenoxy) is 1. The van der Waals surface area contributed by atoms with Gasteiger partial charge < -0.3 is 19.4 Å². The van der Waals surface area contributed by atoms with E-state index in [-0.39, 0.29) is 0 Å². The molecule has 1 amide bonds. The fourth-order valence-electron chi connectivity index (χ4n) is 5.77. The molecule has 1 aromatic carbocycles. The smallest absolute Gasteiger partial charge is 0.223 e. The Kier molecular flexibility index (Phi) is 6.33. The van der Waals surface area contributed by atoms with E-state index in [0.29, 0.717) is 24.3 Å². The molecule has 6 heteroatoms. The van der Waals surface area contributed by atoms with E-state index in [1.165, 1.54) is 42.2 Å². The lowest BCUT2D eigenvalue weighted by Crippen LogP contribution is -2.38. The van der Waals surface area contributed by atoms with Crippen LogP contribution in [0, 0.1) is 12.8 Å². The molecule has 1 aliphatic carbocycles. The summed E-state index contributed by atoms with van der Waals surface area (Å²) in [4.78, 5) is 24.7. The summed E-state index contributed by atoms with van der Waals surface area (Å²) in [5.41, 5.74) is 3.56. The highest BCUT2D eigenvalue weighted by atomic mass is 16.5. The fourth-order valence-corrected chi connectivity index (χ4v) is 5.77. The third-order valence-corrected chi connectivity index (χ3v) is 7.35. The summed E-state index contributed by atoms with van der Waals surface area (Å²) in [6.07, 6.45) is 5.64. The Balaban J connectivity index is 1.32. The maximum absolute atomic E-state index is 12.6. The summed E-state index contributed by atoms with van der Waals surface area (Å²) in [5.74, 6) is 1.89. The minimum Gasteiger partial charge on any atom is -0.378 e. The van der Waals surface area contributed by atoms with Gasteiger partial charge >= 0.3 is 0 Å². The number of aromatic nitrogens is 1. The van der Waals surface area contributed by atoms with Crippen LogP contribution in [0.5, 0.6) is 0 Å². The molecular weight excluding hydrogens is 400 g/mol. The van der Waals surface area contributed by atoms with Gasteiger partial charge in [0.1, 0.15) is 5.82 Å².